The number of hydrogen-bond donors (Lipinski definition) is 0. The lowest BCUT2D eigenvalue weighted by atomic mass is 10.1. The third-order valence-corrected chi connectivity index (χ3v) is 3.31. The van der Waals surface area contributed by atoms with Gasteiger partial charge < -0.3 is 9.64 Å². The van der Waals surface area contributed by atoms with E-state index in [9.17, 15) is 19.3 Å². The number of ether oxygens (including phenoxy) is 1. The highest BCUT2D eigenvalue weighted by molar-refractivity contribution is 5.69. The van der Waals surface area contributed by atoms with Gasteiger partial charge in [-0.25, -0.2) is 4.79 Å². The van der Waals surface area contributed by atoms with Crippen molar-refractivity contribution in [2.75, 3.05) is 7.05 Å². The van der Waals surface area contributed by atoms with Gasteiger partial charge in [0, 0.05) is 25.7 Å². The van der Waals surface area contributed by atoms with Crippen LogP contribution in [0.4, 0.5) is 14.9 Å². The van der Waals surface area contributed by atoms with E-state index in [1.165, 1.54) is 35.9 Å². The van der Waals surface area contributed by atoms with Crippen molar-refractivity contribution >= 4 is 11.8 Å². The Bertz CT molecular complexity index is 844. The molecule has 0 saturated heterocycles. The van der Waals surface area contributed by atoms with Gasteiger partial charge in [-0.2, -0.15) is 19.4 Å². The fourth-order valence-corrected chi connectivity index (χ4v) is 2.24. The van der Waals surface area contributed by atoms with Gasteiger partial charge in [0.15, 0.2) is 0 Å². The number of amides is 1. The highest BCUT2D eigenvalue weighted by Gasteiger charge is 2.25. The van der Waals surface area contributed by atoms with Crippen LogP contribution in [-0.2, 0) is 18.3 Å². The van der Waals surface area contributed by atoms with Gasteiger partial charge in [0.05, 0.1) is 11.5 Å². The van der Waals surface area contributed by atoms with Crippen LogP contribution in [0.25, 0.3) is 11.3 Å². The van der Waals surface area contributed by atoms with Crippen LogP contribution < -0.4 is 0 Å². The fourth-order valence-electron chi connectivity index (χ4n) is 2.24. The van der Waals surface area contributed by atoms with Crippen molar-refractivity contribution in [2.24, 2.45) is 7.05 Å². The van der Waals surface area contributed by atoms with E-state index >= 15 is 0 Å². The van der Waals surface area contributed by atoms with E-state index in [-0.39, 0.29) is 17.8 Å². The zero-order valence-corrected chi connectivity index (χ0v) is 15.2. The van der Waals surface area contributed by atoms with Crippen molar-refractivity contribution in [3.05, 3.63) is 39.8 Å². The van der Waals surface area contributed by atoms with Crippen LogP contribution in [0.15, 0.2) is 18.2 Å². The summed E-state index contributed by atoms with van der Waals surface area (Å²) in [6, 6.07) is 3.82. The second kappa shape index (κ2) is 7.06. The van der Waals surface area contributed by atoms with E-state index in [0.717, 1.165) is 6.07 Å². The van der Waals surface area contributed by atoms with E-state index < -0.39 is 28.1 Å². The first-order valence-corrected chi connectivity index (χ1v) is 7.77. The topological polar surface area (TPSA) is 103 Å². The molecule has 0 radical (unpaired) electrons. The molecule has 0 unspecified atom stereocenters. The standard InChI is InChI=1S/C16H20FN5O4/c1-16(2,3)26-15(23)20(4)9-11-14(19-21(5)18-11)10-7-6-8-12(13(10)17)22(24)25/h6-8H,9H2,1-5H3. The Morgan fingerprint density at radius 3 is 2.62 bits per heavy atom. The molecule has 0 aliphatic heterocycles. The minimum absolute atomic E-state index is 0.000217. The van der Waals surface area contributed by atoms with Crippen LogP contribution >= 0.6 is 0 Å². The number of benzene rings is 1. The molecule has 2 rings (SSSR count). The summed E-state index contributed by atoms with van der Waals surface area (Å²) in [5, 5.41) is 19.2. The van der Waals surface area contributed by atoms with E-state index in [0.29, 0.717) is 5.69 Å². The molecule has 0 spiro atoms. The number of aromatic nitrogens is 3. The van der Waals surface area contributed by atoms with Gasteiger partial charge in [-0.05, 0) is 26.8 Å². The summed E-state index contributed by atoms with van der Waals surface area (Å²) in [7, 11) is 3.05. The first kappa shape index (κ1) is 19.3. The Balaban J connectivity index is 2.36. The number of nitrogens with zero attached hydrogens (tertiary/aromatic N) is 5. The minimum Gasteiger partial charge on any atom is -0.444 e. The first-order valence-electron chi connectivity index (χ1n) is 7.77. The third kappa shape index (κ3) is 4.32. The summed E-state index contributed by atoms with van der Waals surface area (Å²) in [5.41, 5.74) is -0.952. The molecule has 26 heavy (non-hydrogen) atoms. The highest BCUT2D eigenvalue weighted by atomic mass is 19.1. The lowest BCUT2D eigenvalue weighted by Gasteiger charge is -2.24. The number of aryl methyl sites for hydroxylation is 1. The smallest absolute Gasteiger partial charge is 0.410 e. The van der Waals surface area contributed by atoms with Crippen LogP contribution in [0.1, 0.15) is 26.5 Å². The molecule has 0 aliphatic rings. The largest absolute Gasteiger partial charge is 0.444 e. The highest BCUT2D eigenvalue weighted by Crippen LogP contribution is 2.29. The number of halogens is 1. The van der Waals surface area contributed by atoms with Gasteiger partial charge in [-0.15, -0.1) is 0 Å². The molecule has 2 aromatic rings. The van der Waals surface area contributed by atoms with Crippen molar-refractivity contribution in [2.45, 2.75) is 32.9 Å². The summed E-state index contributed by atoms with van der Waals surface area (Å²) >= 11 is 0. The lowest BCUT2D eigenvalue weighted by Crippen LogP contribution is -2.34. The van der Waals surface area contributed by atoms with Gasteiger partial charge >= 0.3 is 11.8 Å². The molecule has 0 aliphatic carbocycles. The van der Waals surface area contributed by atoms with E-state index in [1.54, 1.807) is 20.8 Å². The van der Waals surface area contributed by atoms with Crippen LogP contribution in [0.5, 0.6) is 0 Å². The molecule has 1 amide bonds. The second-order valence-corrected chi connectivity index (χ2v) is 6.72. The number of rotatable bonds is 4. The zero-order valence-electron chi connectivity index (χ0n) is 15.2. The molecule has 0 saturated carbocycles. The van der Waals surface area contributed by atoms with Crippen molar-refractivity contribution in [3.63, 3.8) is 0 Å². The number of carbonyl (C=O) groups is 1. The van der Waals surface area contributed by atoms with Gasteiger partial charge in [-0.1, -0.05) is 6.07 Å². The maximum absolute atomic E-state index is 14.5. The number of nitro groups is 1. The zero-order chi connectivity index (χ0) is 19.6. The molecule has 0 bridgehead atoms. The van der Waals surface area contributed by atoms with E-state index in [4.69, 9.17) is 4.74 Å². The van der Waals surface area contributed by atoms with Crippen molar-refractivity contribution in [3.8, 4) is 11.3 Å². The SMILES string of the molecule is CN(Cc1nn(C)nc1-c1cccc([N+](=O)[O-])c1F)C(=O)OC(C)(C)C. The number of carbonyl (C=O) groups excluding carboxylic acids is 1. The van der Waals surface area contributed by atoms with Gasteiger partial charge in [0.1, 0.15) is 17.0 Å². The average molecular weight is 365 g/mol. The summed E-state index contributed by atoms with van der Waals surface area (Å²) in [6.07, 6.45) is -0.575. The van der Waals surface area contributed by atoms with Gasteiger partial charge in [0.25, 0.3) is 0 Å². The molecule has 1 aromatic carbocycles. The van der Waals surface area contributed by atoms with Crippen LogP contribution in [0, 0.1) is 15.9 Å². The predicted octanol–water partition coefficient (Wildman–Crippen LogP) is 2.90. The number of nitro benzene ring substituents is 1. The summed E-state index contributed by atoms with van der Waals surface area (Å²) in [6.45, 7) is 5.22. The molecule has 0 fully saturated rings. The Kier molecular flexibility index (Phi) is 5.24. The van der Waals surface area contributed by atoms with Gasteiger partial charge in [0.2, 0.25) is 5.82 Å². The van der Waals surface area contributed by atoms with Crippen LogP contribution in [-0.4, -0.2) is 43.6 Å². The quantitative estimate of drug-likeness (QED) is 0.609. The molecular weight excluding hydrogens is 345 g/mol. The third-order valence-electron chi connectivity index (χ3n) is 3.31. The monoisotopic (exact) mass is 365 g/mol. The van der Waals surface area contributed by atoms with Crippen LogP contribution in [0.2, 0.25) is 0 Å². The lowest BCUT2D eigenvalue weighted by molar-refractivity contribution is -0.387. The molecule has 140 valence electrons. The normalized spacial score (nSPS) is 11.3. The van der Waals surface area contributed by atoms with E-state index in [2.05, 4.69) is 10.2 Å². The Morgan fingerprint density at radius 1 is 1.38 bits per heavy atom. The Labute approximate surface area is 149 Å². The van der Waals surface area contributed by atoms with Crippen molar-refractivity contribution in [1.29, 1.82) is 0 Å². The predicted molar refractivity (Wildman–Crippen MR) is 90.8 cm³/mol. The maximum Gasteiger partial charge on any atom is 0.410 e. The molecule has 1 aromatic heterocycles. The molecule has 0 N–H and O–H groups in total. The number of hydrogen-bond acceptors (Lipinski definition) is 6. The first-order chi connectivity index (χ1) is 12.0. The van der Waals surface area contributed by atoms with E-state index in [1.807, 2.05) is 0 Å². The Morgan fingerprint density at radius 2 is 2.04 bits per heavy atom. The Hall–Kier alpha value is -3.04. The maximum atomic E-state index is 14.5. The average Bonchev–Trinajstić information content (AvgIpc) is 2.85. The molecule has 1 heterocycles. The van der Waals surface area contributed by atoms with Crippen molar-refractivity contribution in [1.82, 2.24) is 19.9 Å². The van der Waals surface area contributed by atoms with Gasteiger partial charge in [-0.3, -0.25) is 10.1 Å². The molecule has 10 heteroatoms. The summed E-state index contributed by atoms with van der Waals surface area (Å²) < 4.78 is 19.8. The van der Waals surface area contributed by atoms with Crippen molar-refractivity contribution < 1.29 is 18.8 Å². The summed E-state index contributed by atoms with van der Waals surface area (Å²) in [5.74, 6) is -1.00. The van der Waals surface area contributed by atoms with Crippen LogP contribution in [0.3, 0.4) is 0 Å². The second-order valence-electron chi connectivity index (χ2n) is 6.72. The minimum atomic E-state index is -1.00. The molecule has 9 nitrogen and oxygen atoms in total. The fraction of sp³-hybridized carbons (Fsp3) is 0.438. The summed E-state index contributed by atoms with van der Waals surface area (Å²) in [4.78, 5) is 24.7. The molecular formula is C16H20FN5O4. The molecule has 0 atom stereocenters.